The lowest BCUT2D eigenvalue weighted by Crippen LogP contribution is -2.40. The summed E-state index contributed by atoms with van der Waals surface area (Å²) in [6.07, 6.45) is 2.03. The van der Waals surface area contributed by atoms with E-state index in [1.54, 1.807) is 0 Å². The average molecular weight is 377 g/mol. The van der Waals surface area contributed by atoms with Crippen molar-refractivity contribution in [1.82, 2.24) is 4.98 Å². The molecule has 0 unspecified atom stereocenters. The number of hydrogen-bond donors (Lipinski definition) is 0. The predicted octanol–water partition coefficient (Wildman–Crippen LogP) is 6.79. The normalized spacial score (nSPS) is 13.3. The molecule has 4 rings (SSSR count). The third kappa shape index (κ3) is 2.99. The molecule has 2 aromatic heterocycles. The molecule has 3 heteroatoms. The lowest BCUT2D eigenvalue weighted by atomic mass is 10.0. The molecule has 26 heavy (non-hydrogen) atoms. The Morgan fingerprint density at radius 2 is 1.69 bits per heavy atom. The molecule has 0 saturated carbocycles. The molecule has 0 aliphatic rings. The van der Waals surface area contributed by atoms with Crippen LogP contribution in [0.2, 0.25) is 19.6 Å². The maximum Gasteiger partial charge on any atom is 0.0799 e. The Hall–Kier alpha value is -1.97. The number of nitrogens with zero attached hydrogens (tertiary/aromatic N) is 1. The van der Waals surface area contributed by atoms with Gasteiger partial charge in [0.1, 0.15) is 0 Å². The van der Waals surface area contributed by atoms with Gasteiger partial charge in [-0.1, -0.05) is 57.8 Å². The molecule has 132 valence electrons. The molecule has 0 atom stereocenters. The Balaban J connectivity index is 1.92. The SMILES string of the molecule is [2H]C(C)(C)c1cc(-c2ccc3sc4ccccc4c3c2)ncc1[Si](C)(C)C. The zero-order valence-electron chi connectivity index (χ0n) is 17.1. The summed E-state index contributed by atoms with van der Waals surface area (Å²) in [5.41, 5.74) is 3.20. The summed E-state index contributed by atoms with van der Waals surface area (Å²) in [4.78, 5) is 4.82. The van der Waals surface area contributed by atoms with Gasteiger partial charge < -0.3 is 0 Å². The van der Waals surface area contributed by atoms with Crippen LogP contribution in [0, 0.1) is 0 Å². The molecule has 0 aliphatic carbocycles. The first kappa shape index (κ1) is 16.2. The minimum atomic E-state index is -1.56. The largest absolute Gasteiger partial charge is 0.256 e. The second-order valence-electron chi connectivity index (χ2n) is 8.17. The van der Waals surface area contributed by atoms with Crippen LogP contribution in [0.15, 0.2) is 54.7 Å². The molecule has 2 heterocycles. The van der Waals surface area contributed by atoms with Crippen molar-refractivity contribution in [2.24, 2.45) is 0 Å². The standard InChI is InChI=1S/C23H25NSSi/c1-15(2)18-13-20(24-14-23(18)26(3,4)5)16-10-11-22-19(12-16)17-8-6-7-9-21(17)25-22/h6-15H,1-5H3/i15D. The molecular weight excluding hydrogens is 350 g/mol. The second-order valence-corrected chi connectivity index (χ2v) is 14.3. The van der Waals surface area contributed by atoms with Crippen LogP contribution in [-0.4, -0.2) is 13.1 Å². The fraction of sp³-hybridized carbons (Fsp3) is 0.261. The van der Waals surface area contributed by atoms with E-state index in [9.17, 15) is 0 Å². The average Bonchev–Trinajstić information content (AvgIpc) is 2.97. The Labute approximate surface area is 162 Å². The molecule has 0 spiro atoms. The second kappa shape index (κ2) is 6.33. The highest BCUT2D eigenvalue weighted by atomic mass is 32.1. The summed E-state index contributed by atoms with van der Waals surface area (Å²) in [6, 6.07) is 17.3. The summed E-state index contributed by atoms with van der Waals surface area (Å²) >= 11 is 1.83. The first-order chi connectivity index (χ1) is 12.6. The highest BCUT2D eigenvalue weighted by molar-refractivity contribution is 7.25. The lowest BCUT2D eigenvalue weighted by Gasteiger charge is -2.23. The Morgan fingerprint density at radius 1 is 0.962 bits per heavy atom. The van der Waals surface area contributed by atoms with E-state index in [1.807, 2.05) is 31.4 Å². The minimum absolute atomic E-state index is 0.632. The molecular formula is C23H25NSSi. The minimum Gasteiger partial charge on any atom is -0.256 e. The van der Waals surface area contributed by atoms with Crippen molar-refractivity contribution in [2.45, 2.75) is 39.4 Å². The molecule has 2 aromatic carbocycles. The van der Waals surface area contributed by atoms with Crippen molar-refractivity contribution >= 4 is 44.8 Å². The zero-order chi connectivity index (χ0) is 19.4. The third-order valence-corrected chi connectivity index (χ3v) is 8.09. The Morgan fingerprint density at radius 3 is 2.42 bits per heavy atom. The van der Waals surface area contributed by atoms with Crippen LogP contribution in [0.5, 0.6) is 0 Å². The van der Waals surface area contributed by atoms with E-state index in [0.717, 1.165) is 16.8 Å². The molecule has 0 amide bonds. The van der Waals surface area contributed by atoms with Gasteiger partial charge in [0, 0.05) is 33.3 Å². The Kier molecular flexibility index (Phi) is 3.95. The van der Waals surface area contributed by atoms with E-state index in [1.165, 1.54) is 25.4 Å². The summed E-state index contributed by atoms with van der Waals surface area (Å²) in [5, 5.41) is 3.88. The summed E-state index contributed by atoms with van der Waals surface area (Å²) in [7, 11) is -1.56. The smallest absolute Gasteiger partial charge is 0.0799 e. The van der Waals surface area contributed by atoms with Gasteiger partial charge in [-0.15, -0.1) is 11.3 Å². The first-order valence-corrected chi connectivity index (χ1v) is 13.4. The molecule has 0 aliphatic heterocycles. The Bertz CT molecular complexity index is 1150. The van der Waals surface area contributed by atoms with Crippen molar-refractivity contribution in [3.63, 3.8) is 0 Å². The molecule has 1 nitrogen and oxygen atoms in total. The molecule has 0 fully saturated rings. The molecule has 0 radical (unpaired) electrons. The summed E-state index contributed by atoms with van der Waals surface area (Å²) in [6.45, 7) is 10.9. The molecule has 0 N–H and O–H groups in total. The van der Waals surface area contributed by atoms with Crippen molar-refractivity contribution in [2.75, 3.05) is 0 Å². The van der Waals surface area contributed by atoms with Gasteiger partial charge in [0.05, 0.1) is 13.8 Å². The fourth-order valence-electron chi connectivity index (χ4n) is 3.51. The maximum absolute atomic E-state index is 8.66. The van der Waals surface area contributed by atoms with E-state index in [2.05, 4.69) is 68.2 Å². The molecule has 4 aromatic rings. The van der Waals surface area contributed by atoms with E-state index < -0.39 is 14.0 Å². The van der Waals surface area contributed by atoms with Gasteiger partial charge >= 0.3 is 0 Å². The third-order valence-electron chi connectivity index (χ3n) is 4.92. The summed E-state index contributed by atoms with van der Waals surface area (Å²) < 4.78 is 11.3. The van der Waals surface area contributed by atoms with Gasteiger partial charge in [-0.3, -0.25) is 4.98 Å². The highest BCUT2D eigenvalue weighted by Crippen LogP contribution is 2.36. The van der Waals surface area contributed by atoms with Crippen molar-refractivity contribution in [1.29, 1.82) is 0 Å². The topological polar surface area (TPSA) is 12.9 Å². The fourth-order valence-corrected chi connectivity index (χ4v) is 6.18. The van der Waals surface area contributed by atoms with E-state index >= 15 is 0 Å². The number of benzene rings is 2. The highest BCUT2D eigenvalue weighted by Gasteiger charge is 2.22. The molecule has 0 bridgehead atoms. The van der Waals surface area contributed by atoms with Crippen LogP contribution >= 0.6 is 11.3 Å². The van der Waals surface area contributed by atoms with E-state index in [0.29, 0.717) is 0 Å². The number of fused-ring (bicyclic) bond motifs is 3. The quantitative estimate of drug-likeness (QED) is 0.359. The lowest BCUT2D eigenvalue weighted by molar-refractivity contribution is 0.870. The number of pyridine rings is 1. The van der Waals surface area contributed by atoms with Gasteiger partial charge in [-0.25, -0.2) is 0 Å². The van der Waals surface area contributed by atoms with Gasteiger partial charge in [0.15, 0.2) is 0 Å². The van der Waals surface area contributed by atoms with E-state index in [-0.39, 0.29) is 0 Å². The maximum atomic E-state index is 8.66. The number of rotatable bonds is 3. The van der Waals surface area contributed by atoms with Crippen molar-refractivity contribution in [3.8, 4) is 11.3 Å². The predicted molar refractivity (Wildman–Crippen MR) is 120 cm³/mol. The van der Waals surface area contributed by atoms with Gasteiger partial charge in [0.2, 0.25) is 0 Å². The summed E-state index contributed by atoms with van der Waals surface area (Å²) in [5.74, 6) is -0.632. The monoisotopic (exact) mass is 376 g/mol. The number of aromatic nitrogens is 1. The van der Waals surface area contributed by atoms with Crippen LogP contribution in [0.4, 0.5) is 0 Å². The zero-order valence-corrected chi connectivity index (χ0v) is 17.9. The van der Waals surface area contributed by atoms with Crippen LogP contribution in [0.3, 0.4) is 0 Å². The van der Waals surface area contributed by atoms with Crippen LogP contribution < -0.4 is 5.19 Å². The van der Waals surface area contributed by atoms with Gasteiger partial charge in [0.25, 0.3) is 0 Å². The van der Waals surface area contributed by atoms with Crippen molar-refractivity contribution in [3.05, 3.63) is 60.3 Å². The van der Waals surface area contributed by atoms with E-state index in [4.69, 9.17) is 6.35 Å². The number of hydrogen-bond acceptors (Lipinski definition) is 2. The molecule has 0 saturated heterocycles. The first-order valence-electron chi connectivity index (χ1n) is 9.57. The number of thiophene rings is 1. The van der Waals surface area contributed by atoms with Crippen molar-refractivity contribution < 1.29 is 1.37 Å². The van der Waals surface area contributed by atoms with Gasteiger partial charge in [-0.05, 0) is 40.9 Å². The van der Waals surface area contributed by atoms with Crippen LogP contribution in [-0.2, 0) is 0 Å². The van der Waals surface area contributed by atoms with Crippen LogP contribution in [0.25, 0.3) is 31.4 Å². The van der Waals surface area contributed by atoms with Gasteiger partial charge in [-0.2, -0.15) is 0 Å². The van der Waals surface area contributed by atoms with Crippen LogP contribution in [0.1, 0.15) is 26.7 Å².